The van der Waals surface area contributed by atoms with Gasteiger partial charge in [-0.15, -0.1) is 0 Å². The van der Waals surface area contributed by atoms with E-state index in [1.807, 2.05) is 36.4 Å². The summed E-state index contributed by atoms with van der Waals surface area (Å²) in [7, 11) is 0. The highest BCUT2D eigenvalue weighted by atomic mass is 16.4. The summed E-state index contributed by atoms with van der Waals surface area (Å²) in [5.41, 5.74) is 2.90. The molecule has 0 aliphatic rings. The Balaban J connectivity index is 2.15. The van der Waals surface area contributed by atoms with E-state index in [-0.39, 0.29) is 5.69 Å². The Hall–Kier alpha value is -2.62. The minimum atomic E-state index is -0.935. The van der Waals surface area contributed by atoms with E-state index in [0.29, 0.717) is 6.42 Å². The second kappa shape index (κ2) is 4.57. The van der Waals surface area contributed by atoms with Crippen LogP contribution in [-0.2, 0) is 6.42 Å². The summed E-state index contributed by atoms with van der Waals surface area (Å²) in [6, 6.07) is 11.4. The highest BCUT2D eigenvalue weighted by molar-refractivity contribution is 5.97. The summed E-state index contributed by atoms with van der Waals surface area (Å²) >= 11 is 0. The number of hydrogen-bond acceptors (Lipinski definition) is 2. The van der Waals surface area contributed by atoms with Crippen LogP contribution in [0.5, 0.6) is 0 Å². The SMILES string of the molecule is O=C(O)c1[nH]c2ccccc2c1Cc1cccnc1. The number of nitrogens with one attached hydrogen (secondary N) is 1. The number of benzene rings is 1. The Labute approximate surface area is 109 Å². The van der Waals surface area contributed by atoms with Crippen LogP contribution in [0.25, 0.3) is 10.9 Å². The molecule has 0 aliphatic heterocycles. The number of fused-ring (bicyclic) bond motifs is 1. The fourth-order valence-electron chi connectivity index (χ4n) is 2.27. The van der Waals surface area contributed by atoms with Crippen molar-refractivity contribution in [1.29, 1.82) is 0 Å². The van der Waals surface area contributed by atoms with E-state index in [9.17, 15) is 9.90 Å². The molecule has 3 rings (SSSR count). The molecular formula is C15H12N2O2. The minimum Gasteiger partial charge on any atom is -0.477 e. The number of para-hydroxylation sites is 1. The molecule has 0 radical (unpaired) electrons. The van der Waals surface area contributed by atoms with Crippen molar-refractivity contribution in [3.05, 3.63) is 65.6 Å². The molecule has 0 amide bonds. The van der Waals surface area contributed by atoms with Gasteiger partial charge in [-0.05, 0) is 23.3 Å². The standard InChI is InChI=1S/C15H12N2O2/c18-15(19)14-12(8-10-4-3-7-16-9-10)11-5-1-2-6-13(11)17-14/h1-7,9,17H,8H2,(H,18,19). The van der Waals surface area contributed by atoms with Gasteiger partial charge >= 0.3 is 5.97 Å². The van der Waals surface area contributed by atoms with Gasteiger partial charge in [0.05, 0.1) is 0 Å². The predicted octanol–water partition coefficient (Wildman–Crippen LogP) is 2.85. The number of carboxylic acids is 1. The maximum absolute atomic E-state index is 11.3. The number of H-pyrrole nitrogens is 1. The molecule has 4 heteroatoms. The molecule has 2 heterocycles. The van der Waals surface area contributed by atoms with Crippen molar-refractivity contribution in [1.82, 2.24) is 9.97 Å². The molecular weight excluding hydrogens is 240 g/mol. The molecule has 94 valence electrons. The molecule has 0 saturated heterocycles. The van der Waals surface area contributed by atoms with Crippen LogP contribution in [0.15, 0.2) is 48.8 Å². The summed E-state index contributed by atoms with van der Waals surface area (Å²) in [6.45, 7) is 0. The zero-order valence-electron chi connectivity index (χ0n) is 10.1. The van der Waals surface area contributed by atoms with Crippen LogP contribution in [0.3, 0.4) is 0 Å². The van der Waals surface area contributed by atoms with Crippen molar-refractivity contribution in [2.75, 3.05) is 0 Å². The average Bonchev–Trinajstić information content (AvgIpc) is 2.79. The molecule has 0 unspecified atom stereocenters. The van der Waals surface area contributed by atoms with Gasteiger partial charge in [0, 0.05) is 29.7 Å². The monoisotopic (exact) mass is 252 g/mol. The molecule has 0 aliphatic carbocycles. The van der Waals surface area contributed by atoms with Gasteiger partial charge in [-0.25, -0.2) is 4.79 Å². The van der Waals surface area contributed by atoms with Crippen LogP contribution in [0.2, 0.25) is 0 Å². The molecule has 0 fully saturated rings. The topological polar surface area (TPSA) is 66.0 Å². The van der Waals surface area contributed by atoms with Gasteiger partial charge in [0.1, 0.15) is 5.69 Å². The summed E-state index contributed by atoms with van der Waals surface area (Å²) in [4.78, 5) is 18.4. The third-order valence-corrected chi connectivity index (χ3v) is 3.13. The molecule has 2 N–H and O–H groups in total. The highest BCUT2D eigenvalue weighted by Crippen LogP contribution is 2.24. The zero-order valence-corrected chi connectivity index (χ0v) is 10.1. The molecule has 0 spiro atoms. The third kappa shape index (κ3) is 2.08. The predicted molar refractivity (Wildman–Crippen MR) is 72.3 cm³/mol. The first-order chi connectivity index (χ1) is 9.25. The van der Waals surface area contributed by atoms with Gasteiger partial charge in [0.15, 0.2) is 0 Å². The fourth-order valence-corrected chi connectivity index (χ4v) is 2.27. The zero-order chi connectivity index (χ0) is 13.2. The van der Waals surface area contributed by atoms with Gasteiger partial charge in [0.2, 0.25) is 0 Å². The highest BCUT2D eigenvalue weighted by Gasteiger charge is 2.16. The van der Waals surface area contributed by atoms with Gasteiger partial charge in [-0.2, -0.15) is 0 Å². The molecule has 0 atom stereocenters. The summed E-state index contributed by atoms with van der Waals surface area (Å²) < 4.78 is 0. The van der Waals surface area contributed by atoms with E-state index in [0.717, 1.165) is 22.0 Å². The van der Waals surface area contributed by atoms with Gasteiger partial charge in [0.25, 0.3) is 0 Å². The summed E-state index contributed by atoms with van der Waals surface area (Å²) in [5.74, 6) is -0.935. The van der Waals surface area contributed by atoms with E-state index in [1.54, 1.807) is 12.4 Å². The maximum atomic E-state index is 11.3. The average molecular weight is 252 g/mol. The largest absolute Gasteiger partial charge is 0.477 e. The molecule has 19 heavy (non-hydrogen) atoms. The van der Waals surface area contributed by atoms with Crippen molar-refractivity contribution in [2.45, 2.75) is 6.42 Å². The first kappa shape index (κ1) is 11.5. The van der Waals surface area contributed by atoms with E-state index < -0.39 is 5.97 Å². The smallest absolute Gasteiger partial charge is 0.352 e. The van der Waals surface area contributed by atoms with Gasteiger partial charge in [-0.1, -0.05) is 24.3 Å². The number of carbonyl (C=O) groups is 1. The first-order valence-corrected chi connectivity index (χ1v) is 5.97. The van der Waals surface area contributed by atoms with Crippen molar-refractivity contribution >= 4 is 16.9 Å². The van der Waals surface area contributed by atoms with Crippen LogP contribution >= 0.6 is 0 Å². The van der Waals surface area contributed by atoms with E-state index in [2.05, 4.69) is 9.97 Å². The number of nitrogens with zero attached hydrogens (tertiary/aromatic N) is 1. The van der Waals surface area contributed by atoms with Crippen LogP contribution in [0.1, 0.15) is 21.6 Å². The number of aromatic carboxylic acids is 1. The van der Waals surface area contributed by atoms with Crippen molar-refractivity contribution in [3.8, 4) is 0 Å². The second-order valence-electron chi connectivity index (χ2n) is 4.37. The Bertz CT molecular complexity index is 732. The lowest BCUT2D eigenvalue weighted by atomic mass is 10.0. The van der Waals surface area contributed by atoms with Crippen LogP contribution in [0, 0.1) is 0 Å². The van der Waals surface area contributed by atoms with Crippen molar-refractivity contribution in [2.24, 2.45) is 0 Å². The number of pyridine rings is 1. The molecule has 4 nitrogen and oxygen atoms in total. The maximum Gasteiger partial charge on any atom is 0.352 e. The normalized spacial score (nSPS) is 10.7. The third-order valence-electron chi connectivity index (χ3n) is 3.13. The molecule has 0 bridgehead atoms. The number of carboxylic acid groups (broad SMARTS) is 1. The Morgan fingerprint density at radius 3 is 2.79 bits per heavy atom. The molecule has 1 aromatic carbocycles. The number of aromatic nitrogens is 2. The van der Waals surface area contributed by atoms with E-state index in [4.69, 9.17) is 0 Å². The lowest BCUT2D eigenvalue weighted by molar-refractivity contribution is 0.0690. The quantitative estimate of drug-likeness (QED) is 0.753. The Morgan fingerprint density at radius 2 is 2.05 bits per heavy atom. The van der Waals surface area contributed by atoms with Crippen LogP contribution in [0.4, 0.5) is 0 Å². The lowest BCUT2D eigenvalue weighted by Crippen LogP contribution is -2.02. The van der Waals surface area contributed by atoms with E-state index in [1.165, 1.54) is 0 Å². The minimum absolute atomic E-state index is 0.255. The second-order valence-corrected chi connectivity index (χ2v) is 4.37. The number of hydrogen-bond donors (Lipinski definition) is 2. The van der Waals surface area contributed by atoms with Crippen LogP contribution < -0.4 is 0 Å². The molecule has 2 aromatic heterocycles. The fraction of sp³-hybridized carbons (Fsp3) is 0.0667. The van der Waals surface area contributed by atoms with Crippen molar-refractivity contribution in [3.63, 3.8) is 0 Å². The van der Waals surface area contributed by atoms with Crippen molar-refractivity contribution < 1.29 is 9.90 Å². The number of rotatable bonds is 3. The first-order valence-electron chi connectivity index (χ1n) is 5.97. The summed E-state index contributed by atoms with van der Waals surface area (Å²) in [6.07, 6.45) is 4.02. The van der Waals surface area contributed by atoms with Gasteiger partial charge < -0.3 is 10.1 Å². The van der Waals surface area contributed by atoms with Gasteiger partial charge in [-0.3, -0.25) is 4.98 Å². The molecule has 3 aromatic rings. The number of aromatic amines is 1. The lowest BCUT2D eigenvalue weighted by Gasteiger charge is -2.01. The Morgan fingerprint density at radius 1 is 1.21 bits per heavy atom. The Kier molecular flexibility index (Phi) is 2.76. The summed E-state index contributed by atoms with van der Waals surface area (Å²) in [5, 5.41) is 10.2. The van der Waals surface area contributed by atoms with E-state index >= 15 is 0 Å². The molecule has 0 saturated carbocycles. The van der Waals surface area contributed by atoms with Crippen LogP contribution in [-0.4, -0.2) is 21.0 Å².